The summed E-state index contributed by atoms with van der Waals surface area (Å²) in [5, 5.41) is 3.22. The van der Waals surface area contributed by atoms with Crippen molar-refractivity contribution in [2.24, 2.45) is 0 Å². The maximum absolute atomic E-state index is 14.7. The molecule has 5 rings (SSSR count). The third-order valence-electron chi connectivity index (χ3n) is 8.77. The fourth-order valence-electron chi connectivity index (χ4n) is 6.05. The van der Waals surface area contributed by atoms with Gasteiger partial charge in [0.15, 0.2) is 0 Å². The highest BCUT2D eigenvalue weighted by atomic mass is 32.2. The number of nitrogens with zero attached hydrogens (tertiary/aromatic N) is 2. The number of carbonyl (C=O) groups is 2. The lowest BCUT2D eigenvalue weighted by molar-refractivity contribution is -0.140. The number of amides is 2. The van der Waals surface area contributed by atoms with Crippen LogP contribution >= 0.6 is 0 Å². The predicted octanol–water partition coefficient (Wildman–Crippen LogP) is 6.60. The molecule has 1 aliphatic rings. The molecular formula is C39H45N3O5S. The number of sulfonamides is 1. The van der Waals surface area contributed by atoms with Crippen LogP contribution in [0.5, 0.6) is 5.75 Å². The third kappa shape index (κ3) is 8.83. The molecule has 1 saturated carbocycles. The molecule has 8 nitrogen and oxygen atoms in total. The Labute approximate surface area is 284 Å². The van der Waals surface area contributed by atoms with Crippen LogP contribution in [0.3, 0.4) is 0 Å². The van der Waals surface area contributed by atoms with E-state index >= 15 is 0 Å². The lowest BCUT2D eigenvalue weighted by Gasteiger charge is -2.34. The Morgan fingerprint density at radius 1 is 0.812 bits per heavy atom. The van der Waals surface area contributed by atoms with Gasteiger partial charge in [-0.1, -0.05) is 90.7 Å². The number of rotatable bonds is 14. The second-order valence-corrected chi connectivity index (χ2v) is 14.3. The fourth-order valence-corrected chi connectivity index (χ4v) is 7.47. The first-order valence-electron chi connectivity index (χ1n) is 16.7. The van der Waals surface area contributed by atoms with Gasteiger partial charge in [0.1, 0.15) is 18.3 Å². The molecule has 0 spiro atoms. The van der Waals surface area contributed by atoms with Crippen molar-refractivity contribution in [2.45, 2.75) is 76.4 Å². The van der Waals surface area contributed by atoms with Crippen LogP contribution in [0.1, 0.15) is 54.9 Å². The van der Waals surface area contributed by atoms with E-state index in [1.807, 2.05) is 87.5 Å². The van der Waals surface area contributed by atoms with Gasteiger partial charge in [-0.3, -0.25) is 13.9 Å². The van der Waals surface area contributed by atoms with Crippen molar-refractivity contribution in [2.75, 3.05) is 17.5 Å². The van der Waals surface area contributed by atoms with E-state index in [2.05, 4.69) is 5.32 Å². The first-order chi connectivity index (χ1) is 23.1. The Bertz CT molecular complexity index is 1750. The minimum Gasteiger partial charge on any atom is -0.494 e. The molecule has 2 amide bonds. The topological polar surface area (TPSA) is 96.0 Å². The monoisotopic (exact) mass is 667 g/mol. The van der Waals surface area contributed by atoms with E-state index in [9.17, 15) is 18.0 Å². The molecule has 0 heterocycles. The number of hydrogen-bond donors (Lipinski definition) is 1. The number of nitrogens with one attached hydrogen (secondary N) is 1. The van der Waals surface area contributed by atoms with Gasteiger partial charge < -0.3 is 15.0 Å². The molecule has 252 valence electrons. The second-order valence-electron chi connectivity index (χ2n) is 12.5. The molecule has 4 aromatic rings. The molecule has 9 heteroatoms. The number of ether oxygens (including phenoxy) is 1. The van der Waals surface area contributed by atoms with Gasteiger partial charge in [0.25, 0.3) is 10.0 Å². The van der Waals surface area contributed by atoms with Crippen LogP contribution in [0.25, 0.3) is 0 Å². The quantitative estimate of drug-likeness (QED) is 0.164. The summed E-state index contributed by atoms with van der Waals surface area (Å²) in [4.78, 5) is 30.4. The highest BCUT2D eigenvalue weighted by molar-refractivity contribution is 7.92. The number of carbonyl (C=O) groups excluding carboxylic acids is 2. The predicted molar refractivity (Wildman–Crippen MR) is 189 cm³/mol. The van der Waals surface area contributed by atoms with Gasteiger partial charge in [0, 0.05) is 19.0 Å². The Morgan fingerprint density at radius 3 is 2.02 bits per heavy atom. The van der Waals surface area contributed by atoms with Gasteiger partial charge in [0.2, 0.25) is 11.8 Å². The summed E-state index contributed by atoms with van der Waals surface area (Å²) in [6.07, 6.45) is 4.19. The summed E-state index contributed by atoms with van der Waals surface area (Å²) in [5.41, 5.74) is 4.13. The van der Waals surface area contributed by atoms with Crippen molar-refractivity contribution in [1.82, 2.24) is 10.2 Å². The third-order valence-corrected chi connectivity index (χ3v) is 10.6. The van der Waals surface area contributed by atoms with E-state index in [0.29, 0.717) is 18.0 Å². The van der Waals surface area contributed by atoms with E-state index in [4.69, 9.17) is 4.74 Å². The van der Waals surface area contributed by atoms with Crippen LogP contribution in [0.4, 0.5) is 5.69 Å². The van der Waals surface area contributed by atoms with E-state index in [1.54, 1.807) is 29.2 Å². The largest absolute Gasteiger partial charge is 0.494 e. The number of hydrogen-bond acceptors (Lipinski definition) is 5. The van der Waals surface area contributed by atoms with Crippen LogP contribution in [-0.4, -0.2) is 50.4 Å². The smallest absolute Gasteiger partial charge is 0.264 e. The van der Waals surface area contributed by atoms with Crippen LogP contribution in [0, 0.1) is 13.8 Å². The zero-order chi connectivity index (χ0) is 34.1. The average molecular weight is 668 g/mol. The maximum atomic E-state index is 14.7. The average Bonchev–Trinajstić information content (AvgIpc) is 3.60. The highest BCUT2D eigenvalue weighted by Crippen LogP contribution is 2.27. The molecule has 0 aromatic heterocycles. The molecule has 1 atom stereocenters. The van der Waals surface area contributed by atoms with Gasteiger partial charge >= 0.3 is 0 Å². The first kappa shape index (κ1) is 34.7. The van der Waals surface area contributed by atoms with Gasteiger partial charge in [-0.25, -0.2) is 8.42 Å². The first-order valence-corrected chi connectivity index (χ1v) is 18.1. The summed E-state index contributed by atoms with van der Waals surface area (Å²) in [7, 11) is -4.20. The summed E-state index contributed by atoms with van der Waals surface area (Å²) in [6, 6.07) is 29.9. The van der Waals surface area contributed by atoms with Gasteiger partial charge in [-0.05, 0) is 81.1 Å². The van der Waals surface area contributed by atoms with E-state index in [0.717, 1.165) is 52.2 Å². The van der Waals surface area contributed by atoms with Crippen molar-refractivity contribution in [3.05, 3.63) is 125 Å². The van der Waals surface area contributed by atoms with E-state index in [1.165, 1.54) is 12.1 Å². The minimum absolute atomic E-state index is 0.0317. The summed E-state index contributed by atoms with van der Waals surface area (Å²) in [5.74, 6) is -0.161. The number of anilines is 1. The maximum Gasteiger partial charge on any atom is 0.264 e. The van der Waals surface area contributed by atoms with Crippen LogP contribution in [-0.2, 0) is 32.6 Å². The van der Waals surface area contributed by atoms with Crippen molar-refractivity contribution < 1.29 is 22.7 Å². The summed E-state index contributed by atoms with van der Waals surface area (Å²) >= 11 is 0. The lowest BCUT2D eigenvalue weighted by Crippen LogP contribution is -2.54. The Hall–Kier alpha value is -4.63. The van der Waals surface area contributed by atoms with Crippen molar-refractivity contribution in [1.29, 1.82) is 0 Å². The minimum atomic E-state index is -4.20. The van der Waals surface area contributed by atoms with Crippen LogP contribution in [0.15, 0.2) is 108 Å². The molecule has 1 N–H and O–H groups in total. The van der Waals surface area contributed by atoms with E-state index < -0.39 is 28.5 Å². The second kappa shape index (κ2) is 16.0. The van der Waals surface area contributed by atoms with Crippen molar-refractivity contribution in [3.63, 3.8) is 0 Å². The molecular weight excluding hydrogens is 623 g/mol. The Balaban J connectivity index is 1.55. The molecule has 1 fully saturated rings. The van der Waals surface area contributed by atoms with Crippen LogP contribution in [0.2, 0.25) is 0 Å². The summed E-state index contributed by atoms with van der Waals surface area (Å²) in [6.45, 7) is 5.86. The number of benzene rings is 4. The zero-order valence-corrected chi connectivity index (χ0v) is 28.8. The lowest BCUT2D eigenvalue weighted by atomic mass is 10.0. The van der Waals surface area contributed by atoms with Crippen molar-refractivity contribution in [3.8, 4) is 5.75 Å². The Morgan fingerprint density at radius 2 is 1.42 bits per heavy atom. The fraction of sp³-hybridized carbons (Fsp3) is 0.333. The Kier molecular flexibility index (Phi) is 11.5. The van der Waals surface area contributed by atoms with Crippen molar-refractivity contribution >= 4 is 27.5 Å². The van der Waals surface area contributed by atoms with Gasteiger partial charge in [-0.2, -0.15) is 0 Å². The molecule has 1 aliphatic carbocycles. The molecule has 0 aliphatic heterocycles. The van der Waals surface area contributed by atoms with Gasteiger partial charge in [-0.15, -0.1) is 0 Å². The highest BCUT2D eigenvalue weighted by Gasteiger charge is 2.35. The van der Waals surface area contributed by atoms with Gasteiger partial charge in [0.05, 0.1) is 17.2 Å². The SMILES string of the molecule is CCOc1ccc(S(=O)(=O)N(CC(=O)N(Cc2ccc(C)cc2)[C@H](Cc2ccccc2)C(=O)NC2CCCC2)c2ccc(C)cc2)cc1. The molecule has 0 radical (unpaired) electrons. The zero-order valence-electron chi connectivity index (χ0n) is 28.0. The molecule has 48 heavy (non-hydrogen) atoms. The summed E-state index contributed by atoms with van der Waals surface area (Å²) < 4.78 is 35.3. The standard InChI is InChI=1S/C39H45N3O5S/c1-4-47-35-22-24-36(25-23-35)48(45,46)42(34-20-16-30(3)17-21-34)28-38(43)41(27-32-18-14-29(2)15-19-32)37(26-31-10-6-5-7-11-31)39(44)40-33-12-8-9-13-33/h5-7,10-11,14-25,33,37H,4,8-9,12-13,26-28H2,1-3H3,(H,40,44)/t37-/m1/s1. The molecule has 4 aromatic carbocycles. The molecule has 0 saturated heterocycles. The number of aryl methyl sites for hydroxylation is 2. The molecule has 0 unspecified atom stereocenters. The van der Waals surface area contributed by atoms with E-state index in [-0.39, 0.29) is 29.8 Å². The molecule has 0 bridgehead atoms. The normalized spacial score (nSPS) is 13.9. The van der Waals surface area contributed by atoms with Crippen LogP contribution < -0.4 is 14.4 Å².